The lowest BCUT2D eigenvalue weighted by atomic mass is 9.63. The molecule has 0 N–H and O–H groups in total. The third-order valence-corrected chi connectivity index (χ3v) is 4.97. The zero-order chi connectivity index (χ0) is 16.3. The van der Waals surface area contributed by atoms with Crippen LogP contribution in [0.2, 0.25) is 0 Å². The van der Waals surface area contributed by atoms with E-state index in [2.05, 4.69) is 0 Å². The van der Waals surface area contributed by atoms with Crippen molar-refractivity contribution in [2.75, 3.05) is 0 Å². The van der Waals surface area contributed by atoms with E-state index < -0.39 is 0 Å². The number of hydrogen-bond acceptors (Lipinski definition) is 4. The Hall–Kier alpha value is -1.06. The predicted octanol–water partition coefficient (Wildman–Crippen LogP) is 3.72. The Morgan fingerprint density at radius 1 is 0.773 bits per heavy atom. The summed E-state index contributed by atoms with van der Waals surface area (Å²) < 4.78 is 10.8. The first-order chi connectivity index (χ1) is 10.4. The maximum absolute atomic E-state index is 12.5. The minimum Gasteiger partial charge on any atom is -0.463 e. The first-order valence-corrected chi connectivity index (χ1v) is 8.79. The summed E-state index contributed by atoms with van der Waals surface area (Å²) in [5.74, 6) is 0.0542. The fourth-order valence-corrected chi connectivity index (χ4v) is 4.05. The first kappa shape index (κ1) is 17.3. The summed E-state index contributed by atoms with van der Waals surface area (Å²) in [6.07, 6.45) is 6.14. The van der Waals surface area contributed by atoms with Crippen LogP contribution in [0.1, 0.15) is 66.2 Å². The number of carbonyl (C=O) groups is 2. The fourth-order valence-electron chi connectivity index (χ4n) is 4.05. The van der Waals surface area contributed by atoms with E-state index in [1.165, 1.54) is 25.7 Å². The van der Waals surface area contributed by atoms with Crippen LogP contribution in [-0.2, 0) is 19.1 Å². The van der Waals surface area contributed by atoms with Crippen molar-refractivity contribution in [2.45, 2.75) is 78.4 Å². The molecule has 4 atom stereocenters. The highest BCUT2D eigenvalue weighted by Gasteiger charge is 2.46. The van der Waals surface area contributed by atoms with Crippen molar-refractivity contribution in [3.8, 4) is 0 Å². The van der Waals surface area contributed by atoms with Crippen molar-refractivity contribution in [3.05, 3.63) is 0 Å². The van der Waals surface area contributed by atoms with E-state index in [0.29, 0.717) is 11.8 Å². The van der Waals surface area contributed by atoms with Gasteiger partial charge in [-0.2, -0.15) is 0 Å². The van der Waals surface area contributed by atoms with Gasteiger partial charge in [-0.3, -0.25) is 9.59 Å². The Morgan fingerprint density at radius 2 is 1.14 bits per heavy atom. The molecule has 0 amide bonds. The van der Waals surface area contributed by atoms with E-state index in [-0.39, 0.29) is 36.0 Å². The number of hydrogen-bond donors (Lipinski definition) is 0. The molecule has 0 saturated heterocycles. The summed E-state index contributed by atoms with van der Waals surface area (Å²) in [6, 6.07) is 0. The standard InChI is InChI=1S/C18H30O4/c1-11(2)21-17(19)15-9-13-7-5-6-8-14(13)10-16(15)18(20)22-12(3)4/h11-16H,5-10H2,1-4H3. The Labute approximate surface area is 133 Å². The van der Waals surface area contributed by atoms with Gasteiger partial charge in [-0.1, -0.05) is 25.7 Å². The van der Waals surface area contributed by atoms with Gasteiger partial charge in [0.25, 0.3) is 0 Å². The van der Waals surface area contributed by atoms with Crippen molar-refractivity contribution in [1.29, 1.82) is 0 Å². The average Bonchev–Trinajstić information content (AvgIpc) is 2.44. The SMILES string of the molecule is CC(C)OC(=O)C1CC2CCCCC2CC1C(=O)OC(C)C. The highest BCUT2D eigenvalue weighted by molar-refractivity contribution is 5.82. The Bertz CT molecular complexity index is 364. The van der Waals surface area contributed by atoms with Gasteiger partial charge in [0.05, 0.1) is 24.0 Å². The number of rotatable bonds is 4. The second kappa shape index (κ2) is 7.47. The average molecular weight is 310 g/mol. The number of carbonyl (C=O) groups excluding carboxylic acids is 2. The molecule has 22 heavy (non-hydrogen) atoms. The van der Waals surface area contributed by atoms with Gasteiger partial charge in [0.2, 0.25) is 0 Å². The molecule has 2 fully saturated rings. The van der Waals surface area contributed by atoms with Gasteiger partial charge in [0.1, 0.15) is 0 Å². The second-order valence-corrected chi connectivity index (χ2v) is 7.46. The Morgan fingerprint density at radius 3 is 1.45 bits per heavy atom. The molecule has 4 heteroatoms. The van der Waals surface area contributed by atoms with Crippen LogP contribution in [0.25, 0.3) is 0 Å². The Kier molecular flexibility index (Phi) is 5.87. The maximum atomic E-state index is 12.5. The molecule has 0 aliphatic heterocycles. The summed E-state index contributed by atoms with van der Waals surface area (Å²) in [6.45, 7) is 7.41. The van der Waals surface area contributed by atoms with Gasteiger partial charge in [-0.05, 0) is 52.4 Å². The van der Waals surface area contributed by atoms with Gasteiger partial charge in [-0.15, -0.1) is 0 Å². The van der Waals surface area contributed by atoms with Gasteiger partial charge in [0, 0.05) is 0 Å². The van der Waals surface area contributed by atoms with Crippen LogP contribution in [0.15, 0.2) is 0 Å². The summed E-state index contributed by atoms with van der Waals surface area (Å²) in [7, 11) is 0. The van der Waals surface area contributed by atoms with Crippen LogP contribution in [0.3, 0.4) is 0 Å². The van der Waals surface area contributed by atoms with Crippen molar-refractivity contribution >= 4 is 11.9 Å². The minimum absolute atomic E-state index is 0.140. The van der Waals surface area contributed by atoms with Crippen LogP contribution in [0.5, 0.6) is 0 Å². The summed E-state index contributed by atoms with van der Waals surface area (Å²) in [4.78, 5) is 24.9. The van der Waals surface area contributed by atoms with Crippen molar-refractivity contribution in [1.82, 2.24) is 0 Å². The lowest BCUT2D eigenvalue weighted by molar-refractivity contribution is -0.170. The predicted molar refractivity (Wildman–Crippen MR) is 84.1 cm³/mol. The summed E-state index contributed by atoms with van der Waals surface area (Å²) >= 11 is 0. The van der Waals surface area contributed by atoms with Crippen molar-refractivity contribution in [3.63, 3.8) is 0 Å². The third-order valence-electron chi connectivity index (χ3n) is 4.97. The fraction of sp³-hybridized carbons (Fsp3) is 0.889. The molecule has 4 nitrogen and oxygen atoms in total. The molecule has 0 spiro atoms. The van der Waals surface area contributed by atoms with Crippen molar-refractivity contribution in [2.24, 2.45) is 23.7 Å². The van der Waals surface area contributed by atoms with Gasteiger partial charge in [0.15, 0.2) is 0 Å². The molecular formula is C18H30O4. The quantitative estimate of drug-likeness (QED) is 0.743. The van der Waals surface area contributed by atoms with Crippen LogP contribution in [0, 0.1) is 23.7 Å². The van der Waals surface area contributed by atoms with E-state index in [1.807, 2.05) is 27.7 Å². The number of esters is 2. The lowest BCUT2D eigenvalue weighted by Crippen LogP contribution is -2.43. The molecule has 0 aromatic heterocycles. The molecule has 0 radical (unpaired) electrons. The maximum Gasteiger partial charge on any atom is 0.310 e. The van der Waals surface area contributed by atoms with E-state index in [4.69, 9.17) is 9.47 Å². The summed E-state index contributed by atoms with van der Waals surface area (Å²) in [5.41, 5.74) is 0. The van der Waals surface area contributed by atoms with Gasteiger partial charge >= 0.3 is 11.9 Å². The first-order valence-electron chi connectivity index (χ1n) is 8.79. The van der Waals surface area contributed by atoms with Gasteiger partial charge in [-0.25, -0.2) is 0 Å². The smallest absolute Gasteiger partial charge is 0.310 e. The molecular weight excluding hydrogens is 280 g/mol. The molecule has 0 heterocycles. The van der Waals surface area contributed by atoms with Gasteiger partial charge < -0.3 is 9.47 Å². The van der Waals surface area contributed by atoms with Crippen LogP contribution >= 0.6 is 0 Å². The molecule has 2 aliphatic rings. The minimum atomic E-state index is -0.326. The lowest BCUT2D eigenvalue weighted by Gasteiger charge is -2.42. The molecule has 126 valence electrons. The van der Waals surface area contributed by atoms with E-state index in [9.17, 15) is 9.59 Å². The van der Waals surface area contributed by atoms with E-state index >= 15 is 0 Å². The zero-order valence-corrected chi connectivity index (χ0v) is 14.3. The van der Waals surface area contributed by atoms with Crippen molar-refractivity contribution < 1.29 is 19.1 Å². The highest BCUT2D eigenvalue weighted by Crippen LogP contribution is 2.46. The molecule has 0 aromatic rings. The molecule has 2 saturated carbocycles. The molecule has 4 unspecified atom stereocenters. The zero-order valence-electron chi connectivity index (χ0n) is 14.3. The molecule has 2 rings (SSSR count). The number of ether oxygens (including phenoxy) is 2. The normalized spacial score (nSPS) is 31.7. The largest absolute Gasteiger partial charge is 0.463 e. The second-order valence-electron chi connectivity index (χ2n) is 7.46. The van der Waals surface area contributed by atoms with E-state index in [1.54, 1.807) is 0 Å². The Balaban J connectivity index is 2.12. The summed E-state index contributed by atoms with van der Waals surface area (Å²) in [5, 5.41) is 0. The monoisotopic (exact) mass is 310 g/mol. The molecule has 0 bridgehead atoms. The number of fused-ring (bicyclic) bond motifs is 1. The molecule has 2 aliphatic carbocycles. The van der Waals surface area contributed by atoms with E-state index in [0.717, 1.165) is 12.8 Å². The third kappa shape index (κ3) is 4.23. The van der Waals surface area contributed by atoms with Crippen LogP contribution < -0.4 is 0 Å². The van der Waals surface area contributed by atoms with Crippen LogP contribution in [0.4, 0.5) is 0 Å². The molecule has 0 aromatic carbocycles. The highest BCUT2D eigenvalue weighted by atomic mass is 16.6. The topological polar surface area (TPSA) is 52.6 Å². The van der Waals surface area contributed by atoms with Crippen LogP contribution in [-0.4, -0.2) is 24.1 Å².